The van der Waals surface area contributed by atoms with Crippen LogP contribution in [0.2, 0.25) is 0 Å². The third-order valence-electron chi connectivity index (χ3n) is 1.16. The molecular weight excluding hydrogens is 182 g/mol. The van der Waals surface area contributed by atoms with Crippen molar-refractivity contribution in [2.75, 3.05) is 6.54 Å². The first-order valence-corrected chi connectivity index (χ1v) is 4.47. The Morgan fingerprint density at radius 1 is 1.36 bits per heavy atom. The summed E-state index contributed by atoms with van der Waals surface area (Å²) in [6.45, 7) is 7.01. The van der Waals surface area contributed by atoms with E-state index in [1.54, 1.807) is 33.8 Å². The van der Waals surface area contributed by atoms with Crippen molar-refractivity contribution < 1.29 is 14.3 Å². The van der Waals surface area contributed by atoms with Gasteiger partial charge in [-0.25, -0.2) is 4.79 Å². The summed E-state index contributed by atoms with van der Waals surface area (Å²) in [5, 5.41) is 2.36. The van der Waals surface area contributed by atoms with Gasteiger partial charge in [-0.1, -0.05) is 6.08 Å². The van der Waals surface area contributed by atoms with Gasteiger partial charge in [-0.2, -0.15) is 0 Å². The van der Waals surface area contributed by atoms with E-state index in [1.165, 1.54) is 6.08 Å². The lowest BCUT2D eigenvalue weighted by Crippen LogP contribution is -2.35. The molecule has 0 spiro atoms. The summed E-state index contributed by atoms with van der Waals surface area (Å²) in [7, 11) is 0. The minimum atomic E-state index is -0.574. The van der Waals surface area contributed by atoms with Gasteiger partial charge in [0.25, 0.3) is 0 Å². The summed E-state index contributed by atoms with van der Waals surface area (Å²) in [5.41, 5.74) is -0.534. The van der Waals surface area contributed by atoms with Crippen LogP contribution in [-0.2, 0) is 9.53 Å². The predicted octanol–water partition coefficient (Wildman–Crippen LogP) is 1.66. The lowest BCUT2D eigenvalue weighted by molar-refractivity contribution is -0.113. The highest BCUT2D eigenvalue weighted by Gasteiger charge is 2.15. The van der Waals surface area contributed by atoms with Gasteiger partial charge in [0, 0.05) is 0 Å². The van der Waals surface area contributed by atoms with E-state index in [4.69, 9.17) is 4.74 Å². The van der Waals surface area contributed by atoms with Crippen LogP contribution in [0.1, 0.15) is 27.7 Å². The van der Waals surface area contributed by atoms with Crippen LogP contribution >= 0.6 is 0 Å². The van der Waals surface area contributed by atoms with Crippen LogP contribution < -0.4 is 5.32 Å². The number of hydrogen-bond acceptors (Lipinski definition) is 3. The van der Waals surface area contributed by atoms with Gasteiger partial charge in [0.1, 0.15) is 5.60 Å². The minimum Gasteiger partial charge on any atom is -0.444 e. The zero-order valence-corrected chi connectivity index (χ0v) is 9.09. The number of allylic oxidation sites excluding steroid dienone is 1. The van der Waals surface area contributed by atoms with E-state index in [1.807, 2.05) is 0 Å². The highest BCUT2D eigenvalue weighted by molar-refractivity contribution is 5.93. The number of rotatable bonds is 3. The lowest BCUT2D eigenvalue weighted by Gasteiger charge is -2.19. The number of carbonyl (C=O) groups excluding carboxylic acids is 2. The second kappa shape index (κ2) is 5.42. The van der Waals surface area contributed by atoms with Crippen LogP contribution in [0.15, 0.2) is 12.2 Å². The Labute approximate surface area is 84.3 Å². The highest BCUT2D eigenvalue weighted by Crippen LogP contribution is 2.05. The maximum Gasteiger partial charge on any atom is 0.408 e. The van der Waals surface area contributed by atoms with Gasteiger partial charge in [0.2, 0.25) is 0 Å². The third-order valence-corrected chi connectivity index (χ3v) is 1.16. The van der Waals surface area contributed by atoms with Crippen molar-refractivity contribution in [2.24, 2.45) is 0 Å². The molecule has 0 unspecified atom stereocenters. The first kappa shape index (κ1) is 12.7. The first-order valence-electron chi connectivity index (χ1n) is 4.47. The first-order chi connectivity index (χ1) is 6.35. The van der Waals surface area contributed by atoms with Gasteiger partial charge in [-0.3, -0.25) is 4.79 Å². The van der Waals surface area contributed by atoms with E-state index in [0.29, 0.717) is 0 Å². The fourth-order valence-corrected chi connectivity index (χ4v) is 0.718. The van der Waals surface area contributed by atoms with Crippen LogP contribution in [0.25, 0.3) is 0 Å². The van der Waals surface area contributed by atoms with E-state index in [-0.39, 0.29) is 12.3 Å². The molecule has 0 radical (unpaired) electrons. The van der Waals surface area contributed by atoms with Crippen LogP contribution in [0.3, 0.4) is 0 Å². The molecule has 0 aliphatic heterocycles. The summed E-state index contributed by atoms with van der Waals surface area (Å²) in [6, 6.07) is 0. The van der Waals surface area contributed by atoms with Crippen molar-refractivity contribution in [1.82, 2.24) is 5.32 Å². The van der Waals surface area contributed by atoms with Gasteiger partial charge < -0.3 is 10.1 Å². The van der Waals surface area contributed by atoms with Crippen LogP contribution in [0.5, 0.6) is 0 Å². The summed E-state index contributed by atoms with van der Waals surface area (Å²) in [4.78, 5) is 22.0. The minimum absolute atomic E-state index is 0.0285. The molecule has 0 rings (SSSR count). The maximum absolute atomic E-state index is 11.1. The largest absolute Gasteiger partial charge is 0.444 e. The Hall–Kier alpha value is -1.32. The molecule has 0 aromatic heterocycles. The fourth-order valence-electron chi connectivity index (χ4n) is 0.718. The summed E-state index contributed by atoms with van der Waals surface area (Å²) in [5.74, 6) is -0.154. The van der Waals surface area contributed by atoms with Crippen LogP contribution in [0, 0.1) is 0 Å². The van der Waals surface area contributed by atoms with E-state index in [0.717, 1.165) is 0 Å². The SMILES string of the molecule is CC=CC(=O)CNC(=O)OC(C)(C)C. The highest BCUT2D eigenvalue weighted by atomic mass is 16.6. The molecular formula is C10H17NO3. The molecule has 0 heterocycles. The Morgan fingerprint density at radius 3 is 2.36 bits per heavy atom. The molecule has 4 heteroatoms. The Morgan fingerprint density at radius 2 is 1.93 bits per heavy atom. The summed E-state index contributed by atoms with van der Waals surface area (Å²) in [6.07, 6.45) is 2.45. The average Bonchev–Trinajstić information content (AvgIpc) is 1.98. The molecule has 4 nitrogen and oxygen atoms in total. The maximum atomic E-state index is 11.1. The molecule has 0 atom stereocenters. The van der Waals surface area contributed by atoms with Gasteiger partial charge in [-0.15, -0.1) is 0 Å². The predicted molar refractivity (Wildman–Crippen MR) is 54.1 cm³/mol. The van der Waals surface area contributed by atoms with Crippen LogP contribution in [0.4, 0.5) is 4.79 Å². The molecule has 1 N–H and O–H groups in total. The van der Waals surface area contributed by atoms with Gasteiger partial charge in [0.05, 0.1) is 6.54 Å². The molecule has 14 heavy (non-hydrogen) atoms. The Kier molecular flexibility index (Phi) is 4.91. The number of nitrogens with one attached hydrogen (secondary N) is 1. The van der Waals surface area contributed by atoms with E-state index >= 15 is 0 Å². The zero-order valence-electron chi connectivity index (χ0n) is 9.09. The summed E-state index contributed by atoms with van der Waals surface area (Å²) >= 11 is 0. The molecule has 0 saturated carbocycles. The number of alkyl carbamates (subject to hydrolysis) is 1. The quantitative estimate of drug-likeness (QED) is 0.703. The third kappa shape index (κ3) is 7.34. The molecule has 0 aliphatic carbocycles. The zero-order chi connectivity index (χ0) is 11.2. The molecule has 80 valence electrons. The van der Waals surface area contributed by atoms with E-state index in [2.05, 4.69) is 5.32 Å². The molecule has 0 aromatic rings. The van der Waals surface area contributed by atoms with Gasteiger partial charge in [0.15, 0.2) is 5.78 Å². The van der Waals surface area contributed by atoms with E-state index in [9.17, 15) is 9.59 Å². The van der Waals surface area contributed by atoms with Crippen molar-refractivity contribution in [3.05, 3.63) is 12.2 Å². The lowest BCUT2D eigenvalue weighted by atomic mass is 10.2. The Balaban J connectivity index is 3.81. The van der Waals surface area contributed by atoms with Crippen molar-refractivity contribution in [3.8, 4) is 0 Å². The second-order valence-corrected chi connectivity index (χ2v) is 3.82. The normalized spacial score (nSPS) is 11.4. The topological polar surface area (TPSA) is 55.4 Å². The standard InChI is InChI=1S/C10H17NO3/c1-5-6-8(12)7-11-9(13)14-10(2,3)4/h5-6H,7H2,1-4H3,(H,11,13). The monoisotopic (exact) mass is 199 g/mol. The fraction of sp³-hybridized carbons (Fsp3) is 0.600. The second-order valence-electron chi connectivity index (χ2n) is 3.82. The smallest absolute Gasteiger partial charge is 0.408 e. The van der Waals surface area contributed by atoms with E-state index < -0.39 is 11.7 Å². The number of ketones is 1. The molecule has 0 saturated heterocycles. The number of ether oxygens (including phenoxy) is 1. The number of hydrogen-bond donors (Lipinski definition) is 1. The number of carbonyl (C=O) groups is 2. The molecule has 0 aromatic carbocycles. The van der Waals surface area contributed by atoms with Crippen molar-refractivity contribution >= 4 is 11.9 Å². The molecule has 0 aliphatic rings. The average molecular weight is 199 g/mol. The van der Waals surface area contributed by atoms with Crippen molar-refractivity contribution in [3.63, 3.8) is 0 Å². The molecule has 1 amide bonds. The van der Waals surface area contributed by atoms with Crippen LogP contribution in [-0.4, -0.2) is 24.0 Å². The van der Waals surface area contributed by atoms with Gasteiger partial charge in [-0.05, 0) is 33.8 Å². The van der Waals surface area contributed by atoms with Gasteiger partial charge >= 0.3 is 6.09 Å². The molecule has 0 bridgehead atoms. The van der Waals surface area contributed by atoms with Crippen molar-refractivity contribution in [1.29, 1.82) is 0 Å². The summed E-state index contributed by atoms with van der Waals surface area (Å²) < 4.78 is 4.94. The Bertz CT molecular complexity index is 238. The number of amides is 1. The molecule has 0 fully saturated rings. The van der Waals surface area contributed by atoms with Crippen molar-refractivity contribution in [2.45, 2.75) is 33.3 Å².